The number of aliphatic carboxylic acids is 1. The predicted molar refractivity (Wildman–Crippen MR) is 69.7 cm³/mol. The summed E-state index contributed by atoms with van der Waals surface area (Å²) in [5.41, 5.74) is -0.881. The molecule has 21 heavy (non-hydrogen) atoms. The minimum atomic E-state index is -4.23. The van der Waals surface area contributed by atoms with Crippen molar-refractivity contribution in [1.29, 1.82) is 0 Å². The summed E-state index contributed by atoms with van der Waals surface area (Å²) in [4.78, 5) is 19.7. The van der Waals surface area contributed by atoms with Crippen LogP contribution in [0.1, 0.15) is 13.3 Å². The largest absolute Gasteiger partial charge is 0.481 e. The standard InChI is InChI=1S/C11H13FN2O6S/c1-7(11(15)16)4-5-13-21(19,20)10-3-2-8(12)6-9(10)14(17)18/h2-3,6-7,13H,4-5H2,1H3,(H,15,16). The van der Waals surface area contributed by atoms with Gasteiger partial charge in [-0.15, -0.1) is 0 Å². The summed E-state index contributed by atoms with van der Waals surface area (Å²) < 4.78 is 38.9. The van der Waals surface area contributed by atoms with Crippen molar-refractivity contribution in [1.82, 2.24) is 4.72 Å². The SMILES string of the molecule is CC(CCNS(=O)(=O)c1ccc(F)cc1[N+](=O)[O-])C(=O)O. The summed E-state index contributed by atoms with van der Waals surface area (Å²) in [7, 11) is -4.23. The number of nitrogens with one attached hydrogen (secondary N) is 1. The quantitative estimate of drug-likeness (QED) is 0.572. The van der Waals surface area contributed by atoms with E-state index in [-0.39, 0.29) is 13.0 Å². The smallest absolute Gasteiger partial charge is 0.306 e. The maximum absolute atomic E-state index is 13.0. The van der Waals surface area contributed by atoms with E-state index >= 15 is 0 Å². The molecule has 0 spiro atoms. The number of rotatable bonds is 7. The van der Waals surface area contributed by atoms with E-state index in [2.05, 4.69) is 4.72 Å². The third-order valence-corrected chi connectivity index (χ3v) is 4.21. The lowest BCUT2D eigenvalue weighted by Crippen LogP contribution is -2.27. The van der Waals surface area contributed by atoms with Crippen LogP contribution in [0.15, 0.2) is 23.1 Å². The summed E-state index contributed by atoms with van der Waals surface area (Å²) in [6.45, 7) is 1.20. The number of sulfonamides is 1. The zero-order valence-corrected chi connectivity index (χ0v) is 11.8. The molecular weight excluding hydrogens is 307 g/mol. The van der Waals surface area contributed by atoms with Crippen molar-refractivity contribution >= 4 is 21.7 Å². The normalized spacial score (nSPS) is 12.9. The van der Waals surface area contributed by atoms with E-state index in [4.69, 9.17) is 5.11 Å². The first kappa shape index (κ1) is 17.0. The molecule has 0 aliphatic rings. The van der Waals surface area contributed by atoms with Gasteiger partial charge in [0, 0.05) is 6.54 Å². The molecule has 0 heterocycles. The minimum absolute atomic E-state index is 0.0174. The van der Waals surface area contributed by atoms with Gasteiger partial charge in [0.25, 0.3) is 5.69 Å². The van der Waals surface area contributed by atoms with Gasteiger partial charge in [0.2, 0.25) is 10.0 Å². The number of carboxylic acid groups (broad SMARTS) is 1. The second-order valence-corrected chi connectivity index (χ2v) is 6.03. The molecule has 1 aromatic rings. The second kappa shape index (κ2) is 6.59. The number of carboxylic acids is 1. The highest BCUT2D eigenvalue weighted by Crippen LogP contribution is 2.24. The fourth-order valence-corrected chi connectivity index (χ4v) is 2.67. The van der Waals surface area contributed by atoms with Crippen LogP contribution in [0.4, 0.5) is 10.1 Å². The molecule has 0 saturated carbocycles. The highest BCUT2D eigenvalue weighted by atomic mass is 32.2. The molecule has 0 aromatic heterocycles. The summed E-state index contributed by atoms with van der Waals surface area (Å²) >= 11 is 0. The number of nitro groups is 1. The molecule has 0 aliphatic heterocycles. The molecule has 8 nitrogen and oxygen atoms in total. The summed E-state index contributed by atoms with van der Waals surface area (Å²) in [6.07, 6.45) is 0.0174. The first-order valence-electron chi connectivity index (χ1n) is 5.81. The minimum Gasteiger partial charge on any atom is -0.481 e. The first-order valence-corrected chi connectivity index (χ1v) is 7.30. The molecular formula is C11H13FN2O6S. The molecule has 1 aromatic carbocycles. The Morgan fingerprint density at radius 3 is 2.67 bits per heavy atom. The lowest BCUT2D eigenvalue weighted by Gasteiger charge is -2.09. The monoisotopic (exact) mass is 320 g/mol. The van der Waals surface area contributed by atoms with Crippen molar-refractivity contribution < 1.29 is 27.6 Å². The Kier molecular flexibility index (Phi) is 5.33. The van der Waals surface area contributed by atoms with Crippen molar-refractivity contribution in [2.75, 3.05) is 6.54 Å². The zero-order valence-electron chi connectivity index (χ0n) is 10.9. The molecule has 0 bridgehead atoms. The number of carbonyl (C=O) groups is 1. The number of benzene rings is 1. The Bertz CT molecular complexity index is 661. The van der Waals surface area contributed by atoms with Gasteiger partial charge in [-0.25, -0.2) is 17.5 Å². The van der Waals surface area contributed by atoms with Crippen molar-refractivity contribution in [3.8, 4) is 0 Å². The van der Waals surface area contributed by atoms with E-state index in [9.17, 15) is 27.7 Å². The van der Waals surface area contributed by atoms with Crippen LogP contribution in [0, 0.1) is 21.8 Å². The first-order chi connectivity index (χ1) is 9.65. The van der Waals surface area contributed by atoms with Gasteiger partial charge in [-0.1, -0.05) is 6.92 Å². The van der Waals surface area contributed by atoms with Crippen LogP contribution in [0.2, 0.25) is 0 Å². The van der Waals surface area contributed by atoms with Crippen molar-refractivity contribution in [3.63, 3.8) is 0 Å². The molecule has 116 valence electrons. The van der Waals surface area contributed by atoms with E-state index < -0.39 is 43.2 Å². The van der Waals surface area contributed by atoms with Gasteiger partial charge in [-0.05, 0) is 18.6 Å². The van der Waals surface area contributed by atoms with Crippen LogP contribution in [-0.4, -0.2) is 31.0 Å². The predicted octanol–water partition coefficient (Wildman–Crippen LogP) is 1.12. The Morgan fingerprint density at radius 1 is 1.52 bits per heavy atom. The fourth-order valence-electron chi connectivity index (χ4n) is 1.47. The highest BCUT2D eigenvalue weighted by Gasteiger charge is 2.26. The Morgan fingerprint density at radius 2 is 2.14 bits per heavy atom. The number of hydrogen-bond donors (Lipinski definition) is 2. The third-order valence-electron chi connectivity index (χ3n) is 2.70. The summed E-state index contributed by atoms with van der Waals surface area (Å²) in [5.74, 6) is -2.78. The van der Waals surface area contributed by atoms with Crippen LogP contribution in [0.5, 0.6) is 0 Å². The molecule has 0 aliphatic carbocycles. The van der Waals surface area contributed by atoms with Crippen molar-refractivity contribution in [3.05, 3.63) is 34.1 Å². The highest BCUT2D eigenvalue weighted by molar-refractivity contribution is 7.89. The van der Waals surface area contributed by atoms with E-state index in [1.54, 1.807) is 0 Å². The van der Waals surface area contributed by atoms with Gasteiger partial charge in [0.05, 0.1) is 16.9 Å². The van der Waals surface area contributed by atoms with Gasteiger partial charge >= 0.3 is 5.97 Å². The number of nitro benzene ring substituents is 1. The Balaban J connectivity index is 2.93. The van der Waals surface area contributed by atoms with Crippen molar-refractivity contribution in [2.45, 2.75) is 18.2 Å². The fraction of sp³-hybridized carbons (Fsp3) is 0.364. The van der Waals surface area contributed by atoms with E-state index in [1.807, 2.05) is 0 Å². The third kappa shape index (κ3) is 4.46. The maximum atomic E-state index is 13.0. The molecule has 1 unspecified atom stereocenters. The number of halogens is 1. The lowest BCUT2D eigenvalue weighted by molar-refractivity contribution is -0.388. The van der Waals surface area contributed by atoms with Crippen LogP contribution in [-0.2, 0) is 14.8 Å². The van der Waals surface area contributed by atoms with Gasteiger partial charge in [-0.2, -0.15) is 0 Å². The molecule has 10 heteroatoms. The lowest BCUT2D eigenvalue weighted by atomic mass is 10.1. The summed E-state index contributed by atoms with van der Waals surface area (Å²) in [6, 6.07) is 2.09. The van der Waals surface area contributed by atoms with Crippen LogP contribution in [0.25, 0.3) is 0 Å². The maximum Gasteiger partial charge on any atom is 0.306 e. The van der Waals surface area contributed by atoms with Crippen LogP contribution in [0.3, 0.4) is 0 Å². The molecule has 1 atom stereocenters. The topological polar surface area (TPSA) is 127 Å². The molecule has 2 N–H and O–H groups in total. The summed E-state index contributed by atoms with van der Waals surface area (Å²) in [5, 5.41) is 19.4. The number of hydrogen-bond acceptors (Lipinski definition) is 5. The van der Waals surface area contributed by atoms with Gasteiger partial charge in [-0.3, -0.25) is 14.9 Å². The molecule has 0 fully saturated rings. The Hall–Kier alpha value is -2.07. The second-order valence-electron chi connectivity index (χ2n) is 4.29. The molecule has 0 radical (unpaired) electrons. The van der Waals surface area contributed by atoms with E-state index in [0.717, 1.165) is 12.1 Å². The molecule has 0 saturated heterocycles. The van der Waals surface area contributed by atoms with Gasteiger partial charge < -0.3 is 5.11 Å². The average molecular weight is 320 g/mol. The Labute approximate surface area is 119 Å². The molecule has 0 amide bonds. The average Bonchev–Trinajstić information content (AvgIpc) is 2.37. The van der Waals surface area contributed by atoms with Gasteiger partial charge in [0.1, 0.15) is 5.82 Å². The van der Waals surface area contributed by atoms with E-state index in [1.165, 1.54) is 6.92 Å². The van der Waals surface area contributed by atoms with Crippen molar-refractivity contribution in [2.24, 2.45) is 5.92 Å². The number of nitrogens with zero attached hydrogens (tertiary/aromatic N) is 1. The van der Waals surface area contributed by atoms with E-state index in [0.29, 0.717) is 6.07 Å². The van der Waals surface area contributed by atoms with Gasteiger partial charge in [0.15, 0.2) is 4.90 Å². The van der Waals surface area contributed by atoms with Crippen LogP contribution < -0.4 is 4.72 Å². The zero-order chi connectivity index (χ0) is 16.2. The van der Waals surface area contributed by atoms with Crippen LogP contribution >= 0.6 is 0 Å². The molecule has 1 rings (SSSR count).